The van der Waals surface area contributed by atoms with E-state index in [-0.39, 0.29) is 35.2 Å². The Kier molecular flexibility index (Phi) is 10.6. The molecule has 1 atom stereocenters. The summed E-state index contributed by atoms with van der Waals surface area (Å²) in [6.07, 6.45) is 3.38. The summed E-state index contributed by atoms with van der Waals surface area (Å²) in [7, 11) is -3.80. The molecule has 0 unspecified atom stereocenters. The normalized spacial score (nSPS) is 16.9. The molecule has 11 nitrogen and oxygen atoms in total. The standard InChI is InChI=1S/C38H42N6O5S/c1-24-10-16-31(50(48,49)40-23-26-6-3-2-4-7-26)21-33(24)29-9-5-8-27(18-29)19-35(42-36(45)28-13-11-25(22-39)12-14-28)38(47)41-30-15-17-32-34(20-30)43-44-37(32)46/h2-10,15-18,20-21,25,28,35,40H,11-14,19,22-23,39H2,1H3,(H,41,47)(H,42,45)(H2,43,44,46)/t25?,28?,35-/m0/s1. The number of aromatic nitrogens is 2. The van der Waals surface area contributed by atoms with E-state index >= 15 is 0 Å². The number of H-pyrrole nitrogens is 2. The van der Waals surface area contributed by atoms with E-state index in [1.54, 1.807) is 36.4 Å². The van der Waals surface area contributed by atoms with Gasteiger partial charge in [-0.1, -0.05) is 60.7 Å². The summed E-state index contributed by atoms with van der Waals surface area (Å²) in [5, 5.41) is 11.7. The van der Waals surface area contributed by atoms with Crippen molar-refractivity contribution in [1.82, 2.24) is 20.2 Å². The fourth-order valence-electron chi connectivity index (χ4n) is 6.54. The highest BCUT2D eigenvalue weighted by Crippen LogP contribution is 2.30. The second-order valence-corrected chi connectivity index (χ2v) is 14.8. The van der Waals surface area contributed by atoms with E-state index in [0.29, 0.717) is 41.9 Å². The van der Waals surface area contributed by atoms with Crippen molar-refractivity contribution in [3.05, 3.63) is 118 Å². The smallest absolute Gasteiger partial charge is 0.271 e. The quantitative estimate of drug-likeness (QED) is 0.110. The molecule has 1 saturated carbocycles. The summed E-state index contributed by atoms with van der Waals surface area (Å²) in [5.41, 5.74) is 10.7. The van der Waals surface area contributed by atoms with Crippen LogP contribution >= 0.6 is 0 Å². The van der Waals surface area contributed by atoms with E-state index in [0.717, 1.165) is 40.7 Å². The lowest BCUT2D eigenvalue weighted by atomic mass is 9.81. The van der Waals surface area contributed by atoms with Gasteiger partial charge in [0.05, 0.1) is 15.8 Å². The molecule has 1 heterocycles. The molecule has 4 aromatic carbocycles. The Hall–Kier alpha value is -5.04. The third-order valence-corrected chi connectivity index (χ3v) is 10.9. The van der Waals surface area contributed by atoms with Gasteiger partial charge in [-0.05, 0) is 103 Å². The Bertz CT molecular complexity index is 2150. The Labute approximate surface area is 291 Å². The highest BCUT2D eigenvalue weighted by molar-refractivity contribution is 7.89. The zero-order valence-corrected chi connectivity index (χ0v) is 28.7. The number of sulfonamides is 1. The van der Waals surface area contributed by atoms with E-state index in [9.17, 15) is 22.8 Å². The Morgan fingerprint density at radius 2 is 1.64 bits per heavy atom. The van der Waals surface area contributed by atoms with Crippen LogP contribution < -0.4 is 26.6 Å². The maximum absolute atomic E-state index is 13.8. The third-order valence-electron chi connectivity index (χ3n) is 9.53. The first-order chi connectivity index (χ1) is 24.1. The molecule has 0 spiro atoms. The SMILES string of the molecule is Cc1ccc(S(=O)(=O)NCc2ccccc2)cc1-c1cccc(C[C@H](NC(=O)C2CCC(CN)CC2)C(=O)Nc2ccc3c(=O)[nH][nH]c3c2)c1. The average Bonchev–Trinajstić information content (AvgIpc) is 3.50. The Balaban J connectivity index is 1.23. The van der Waals surface area contributed by atoms with Gasteiger partial charge in [0.2, 0.25) is 21.8 Å². The average molecular weight is 695 g/mol. The number of rotatable bonds is 12. The van der Waals surface area contributed by atoms with Gasteiger partial charge in [-0.25, -0.2) is 13.1 Å². The van der Waals surface area contributed by atoms with Crippen LogP contribution in [0.15, 0.2) is 101 Å². The van der Waals surface area contributed by atoms with E-state index < -0.39 is 22.0 Å². The molecule has 1 fully saturated rings. The number of aromatic amines is 2. The van der Waals surface area contributed by atoms with Crippen LogP contribution in [-0.4, -0.2) is 43.0 Å². The van der Waals surface area contributed by atoms with Crippen molar-refractivity contribution in [3.63, 3.8) is 0 Å². The molecule has 7 N–H and O–H groups in total. The molecule has 2 amide bonds. The van der Waals surface area contributed by atoms with Crippen LogP contribution in [0, 0.1) is 18.8 Å². The number of nitrogens with two attached hydrogens (primary N) is 1. The molecule has 1 aromatic heterocycles. The number of fused-ring (bicyclic) bond motifs is 1. The van der Waals surface area contributed by atoms with Gasteiger partial charge < -0.3 is 16.4 Å². The lowest BCUT2D eigenvalue weighted by Gasteiger charge is -2.28. The van der Waals surface area contributed by atoms with Gasteiger partial charge in [-0.3, -0.25) is 24.6 Å². The van der Waals surface area contributed by atoms with Crippen molar-refractivity contribution in [3.8, 4) is 11.1 Å². The minimum absolute atomic E-state index is 0.147. The minimum Gasteiger partial charge on any atom is -0.344 e. The molecule has 5 aromatic rings. The molecule has 260 valence electrons. The van der Waals surface area contributed by atoms with Crippen LogP contribution in [0.2, 0.25) is 0 Å². The van der Waals surface area contributed by atoms with Crippen LogP contribution in [-0.2, 0) is 32.6 Å². The molecule has 0 bridgehead atoms. The van der Waals surface area contributed by atoms with Gasteiger partial charge in [0, 0.05) is 24.6 Å². The van der Waals surface area contributed by atoms with Crippen molar-refractivity contribution in [2.45, 2.75) is 56.5 Å². The van der Waals surface area contributed by atoms with Crippen molar-refractivity contribution in [1.29, 1.82) is 0 Å². The molecular weight excluding hydrogens is 653 g/mol. The fraction of sp³-hybridized carbons (Fsp3) is 0.289. The number of hydrogen-bond donors (Lipinski definition) is 6. The number of carbonyl (C=O) groups excluding carboxylic acids is 2. The number of anilines is 1. The fourth-order valence-corrected chi connectivity index (χ4v) is 7.59. The molecule has 50 heavy (non-hydrogen) atoms. The summed E-state index contributed by atoms with van der Waals surface area (Å²) in [5.74, 6) is -0.361. The second kappa shape index (κ2) is 15.2. The maximum atomic E-state index is 13.8. The van der Waals surface area contributed by atoms with Gasteiger partial charge in [0.15, 0.2) is 0 Å². The number of hydrogen-bond acceptors (Lipinski definition) is 6. The number of aryl methyl sites for hydroxylation is 1. The molecule has 0 saturated heterocycles. The van der Waals surface area contributed by atoms with E-state index in [1.807, 2.05) is 61.5 Å². The highest BCUT2D eigenvalue weighted by atomic mass is 32.2. The second-order valence-electron chi connectivity index (χ2n) is 13.0. The topological polar surface area (TPSA) is 179 Å². The molecule has 0 aliphatic heterocycles. The molecule has 6 rings (SSSR count). The number of benzene rings is 4. The van der Waals surface area contributed by atoms with Crippen LogP contribution in [0.5, 0.6) is 0 Å². The van der Waals surface area contributed by atoms with Crippen molar-refractivity contribution < 1.29 is 18.0 Å². The number of amides is 2. The summed E-state index contributed by atoms with van der Waals surface area (Å²) in [6, 6.07) is 26.0. The van der Waals surface area contributed by atoms with Crippen LogP contribution in [0.4, 0.5) is 5.69 Å². The third kappa shape index (κ3) is 8.21. The zero-order valence-electron chi connectivity index (χ0n) is 27.9. The predicted octanol–water partition coefficient (Wildman–Crippen LogP) is 4.74. The largest absolute Gasteiger partial charge is 0.344 e. The molecule has 12 heteroatoms. The molecular formula is C38H42N6O5S. The first-order valence-electron chi connectivity index (χ1n) is 16.8. The van der Waals surface area contributed by atoms with Crippen molar-refractivity contribution in [2.24, 2.45) is 17.6 Å². The zero-order chi connectivity index (χ0) is 35.3. The van der Waals surface area contributed by atoms with Gasteiger partial charge in [-0.2, -0.15) is 0 Å². The first-order valence-corrected chi connectivity index (χ1v) is 18.3. The minimum atomic E-state index is -3.80. The van der Waals surface area contributed by atoms with Crippen LogP contribution in [0.3, 0.4) is 0 Å². The van der Waals surface area contributed by atoms with Crippen molar-refractivity contribution in [2.75, 3.05) is 11.9 Å². The predicted molar refractivity (Wildman–Crippen MR) is 195 cm³/mol. The van der Waals surface area contributed by atoms with Crippen molar-refractivity contribution >= 4 is 38.4 Å². The Morgan fingerprint density at radius 1 is 0.880 bits per heavy atom. The van der Waals surface area contributed by atoms with E-state index in [1.165, 1.54) is 0 Å². The molecule has 0 radical (unpaired) electrons. The summed E-state index contributed by atoms with van der Waals surface area (Å²) >= 11 is 0. The lowest BCUT2D eigenvalue weighted by Crippen LogP contribution is -2.48. The van der Waals surface area contributed by atoms with Crippen LogP contribution in [0.1, 0.15) is 42.4 Å². The number of carbonyl (C=O) groups is 2. The summed E-state index contributed by atoms with van der Waals surface area (Å²) < 4.78 is 29.2. The van der Waals surface area contributed by atoms with Gasteiger partial charge in [0.1, 0.15) is 6.04 Å². The van der Waals surface area contributed by atoms with Gasteiger partial charge in [0.25, 0.3) is 5.56 Å². The first kappa shape index (κ1) is 34.8. The monoisotopic (exact) mass is 694 g/mol. The summed E-state index contributed by atoms with van der Waals surface area (Å²) in [4.78, 5) is 39.4. The number of nitrogens with one attached hydrogen (secondary N) is 5. The van der Waals surface area contributed by atoms with Gasteiger partial charge in [-0.15, -0.1) is 0 Å². The molecule has 1 aliphatic carbocycles. The lowest BCUT2D eigenvalue weighted by molar-refractivity contribution is -0.130. The van der Waals surface area contributed by atoms with Gasteiger partial charge >= 0.3 is 0 Å². The van der Waals surface area contributed by atoms with E-state index in [4.69, 9.17) is 5.73 Å². The highest BCUT2D eigenvalue weighted by Gasteiger charge is 2.29. The Morgan fingerprint density at radius 3 is 2.40 bits per heavy atom. The van der Waals surface area contributed by atoms with Crippen LogP contribution in [0.25, 0.3) is 22.0 Å². The molecule has 1 aliphatic rings. The summed E-state index contributed by atoms with van der Waals surface area (Å²) in [6.45, 7) is 2.69. The van der Waals surface area contributed by atoms with E-state index in [2.05, 4.69) is 25.6 Å². The maximum Gasteiger partial charge on any atom is 0.271 e.